The monoisotopic (exact) mass is 476 g/mol. The summed E-state index contributed by atoms with van der Waals surface area (Å²) in [5.41, 5.74) is 0.736. The lowest BCUT2D eigenvalue weighted by atomic mass is 10.2. The summed E-state index contributed by atoms with van der Waals surface area (Å²) >= 11 is 0. The van der Waals surface area contributed by atoms with Crippen LogP contribution in [0.25, 0.3) is 0 Å². The molecule has 0 spiro atoms. The van der Waals surface area contributed by atoms with Gasteiger partial charge in [0.2, 0.25) is 5.91 Å². The van der Waals surface area contributed by atoms with Crippen molar-refractivity contribution in [2.75, 3.05) is 31.6 Å². The second-order valence-electron chi connectivity index (χ2n) is 5.81. The van der Waals surface area contributed by atoms with Gasteiger partial charge in [0.1, 0.15) is 12.4 Å². The van der Waals surface area contributed by atoms with Crippen LogP contribution in [-0.4, -0.2) is 38.1 Å². The molecule has 0 radical (unpaired) electrons. The van der Waals surface area contributed by atoms with Crippen molar-refractivity contribution < 1.29 is 9.53 Å². The van der Waals surface area contributed by atoms with Crippen molar-refractivity contribution in [1.82, 2.24) is 10.6 Å². The maximum absolute atomic E-state index is 11.1. The summed E-state index contributed by atoms with van der Waals surface area (Å²) < 4.78 is 5.72. The van der Waals surface area contributed by atoms with Gasteiger partial charge in [0, 0.05) is 31.8 Å². The van der Waals surface area contributed by atoms with E-state index >= 15 is 0 Å². The highest BCUT2D eigenvalue weighted by Crippen LogP contribution is 2.16. The van der Waals surface area contributed by atoms with Gasteiger partial charge >= 0.3 is 0 Å². The molecular weight excluding hydrogens is 443 g/mol. The lowest BCUT2D eigenvalue weighted by Crippen LogP contribution is -2.39. The Hall–Kier alpha value is -1.51. The average Bonchev–Trinajstić information content (AvgIpc) is 2.58. The fraction of sp³-hybridized carbons (Fsp3) is 0.579. The number of guanidine groups is 1. The molecule has 1 rings (SSSR count). The highest BCUT2D eigenvalue weighted by molar-refractivity contribution is 14.0. The van der Waals surface area contributed by atoms with Crippen LogP contribution in [0.1, 0.15) is 46.5 Å². The number of unbranched alkanes of at least 4 members (excludes halogenated alkanes) is 3. The minimum Gasteiger partial charge on any atom is -0.492 e. The number of carbonyl (C=O) groups excluding carboxylic acids is 1. The second-order valence-corrected chi connectivity index (χ2v) is 5.81. The molecule has 0 unspecified atom stereocenters. The zero-order valence-electron chi connectivity index (χ0n) is 16.1. The van der Waals surface area contributed by atoms with Gasteiger partial charge in [-0.25, -0.2) is 0 Å². The maximum Gasteiger partial charge on any atom is 0.221 e. The SMILES string of the molecule is CCCCCCN=C(NCC)NCCOc1cccc(NC(C)=O)c1.I. The van der Waals surface area contributed by atoms with Crippen molar-refractivity contribution in [3.05, 3.63) is 24.3 Å². The second kappa shape index (κ2) is 15.7. The van der Waals surface area contributed by atoms with E-state index < -0.39 is 0 Å². The van der Waals surface area contributed by atoms with Gasteiger partial charge in [-0.15, -0.1) is 24.0 Å². The summed E-state index contributed by atoms with van der Waals surface area (Å²) in [6.45, 7) is 8.60. The van der Waals surface area contributed by atoms with Crippen LogP contribution in [0.15, 0.2) is 29.3 Å². The minimum atomic E-state index is -0.0933. The number of benzene rings is 1. The predicted octanol–water partition coefficient (Wildman–Crippen LogP) is 3.78. The van der Waals surface area contributed by atoms with Crippen LogP contribution < -0.4 is 20.7 Å². The summed E-state index contributed by atoms with van der Waals surface area (Å²) in [5, 5.41) is 9.26. The van der Waals surface area contributed by atoms with E-state index in [9.17, 15) is 4.79 Å². The first-order valence-corrected chi connectivity index (χ1v) is 9.18. The first-order chi connectivity index (χ1) is 12.2. The molecule has 7 heteroatoms. The number of hydrogen-bond donors (Lipinski definition) is 3. The summed E-state index contributed by atoms with van der Waals surface area (Å²) in [7, 11) is 0. The number of hydrogen-bond acceptors (Lipinski definition) is 3. The van der Waals surface area contributed by atoms with Gasteiger partial charge in [-0.1, -0.05) is 32.3 Å². The Kier molecular flexibility index (Phi) is 14.8. The van der Waals surface area contributed by atoms with Crippen molar-refractivity contribution in [3.8, 4) is 5.75 Å². The summed E-state index contributed by atoms with van der Waals surface area (Å²) in [5.74, 6) is 1.47. The smallest absolute Gasteiger partial charge is 0.221 e. The average molecular weight is 476 g/mol. The van der Waals surface area contributed by atoms with Gasteiger partial charge in [-0.05, 0) is 25.5 Å². The molecule has 3 N–H and O–H groups in total. The van der Waals surface area contributed by atoms with Gasteiger partial charge < -0.3 is 20.7 Å². The van der Waals surface area contributed by atoms with Gasteiger partial charge in [0.05, 0.1) is 6.54 Å². The number of carbonyl (C=O) groups is 1. The number of ether oxygens (including phenoxy) is 1. The standard InChI is InChI=1S/C19H32N4O2.HI/c1-4-6-7-8-12-21-19(20-5-2)22-13-14-25-18-11-9-10-17(15-18)23-16(3)24;/h9-11,15H,4-8,12-14H2,1-3H3,(H,23,24)(H2,20,21,22);1H. The molecule has 0 saturated carbocycles. The van der Waals surface area contributed by atoms with E-state index in [1.165, 1.54) is 26.2 Å². The van der Waals surface area contributed by atoms with E-state index in [-0.39, 0.29) is 29.9 Å². The normalized spacial score (nSPS) is 10.7. The van der Waals surface area contributed by atoms with Crippen LogP contribution in [0.2, 0.25) is 0 Å². The third-order valence-corrected chi connectivity index (χ3v) is 3.44. The summed E-state index contributed by atoms with van der Waals surface area (Å²) in [6.07, 6.45) is 4.86. The van der Waals surface area contributed by atoms with Crippen molar-refractivity contribution in [2.45, 2.75) is 46.5 Å². The Bertz CT molecular complexity index is 538. The molecule has 0 aliphatic rings. The zero-order valence-corrected chi connectivity index (χ0v) is 18.5. The Labute approximate surface area is 174 Å². The van der Waals surface area contributed by atoms with Crippen LogP contribution in [0.3, 0.4) is 0 Å². The van der Waals surface area contributed by atoms with Crippen molar-refractivity contribution in [3.63, 3.8) is 0 Å². The van der Waals surface area contributed by atoms with Gasteiger partial charge in [-0.2, -0.15) is 0 Å². The Morgan fingerprint density at radius 3 is 2.65 bits per heavy atom. The molecule has 1 amide bonds. The Morgan fingerprint density at radius 1 is 1.15 bits per heavy atom. The topological polar surface area (TPSA) is 74.8 Å². The number of amides is 1. The van der Waals surface area contributed by atoms with E-state index in [0.717, 1.165) is 36.9 Å². The number of nitrogens with zero attached hydrogens (tertiary/aromatic N) is 1. The molecule has 0 heterocycles. The predicted molar refractivity (Wildman–Crippen MR) is 120 cm³/mol. The molecule has 6 nitrogen and oxygen atoms in total. The van der Waals surface area contributed by atoms with Crippen LogP contribution >= 0.6 is 24.0 Å². The molecule has 1 aromatic rings. The van der Waals surface area contributed by atoms with Crippen molar-refractivity contribution in [2.24, 2.45) is 4.99 Å². The van der Waals surface area contributed by atoms with E-state index in [0.29, 0.717) is 13.2 Å². The molecular formula is C19H33IN4O2. The largest absolute Gasteiger partial charge is 0.492 e. The lowest BCUT2D eigenvalue weighted by Gasteiger charge is -2.12. The number of anilines is 1. The molecule has 0 fully saturated rings. The maximum atomic E-state index is 11.1. The lowest BCUT2D eigenvalue weighted by molar-refractivity contribution is -0.114. The zero-order chi connectivity index (χ0) is 18.3. The van der Waals surface area contributed by atoms with E-state index in [2.05, 4.69) is 34.8 Å². The van der Waals surface area contributed by atoms with Crippen molar-refractivity contribution >= 4 is 41.5 Å². The van der Waals surface area contributed by atoms with E-state index in [1.54, 1.807) is 0 Å². The highest BCUT2D eigenvalue weighted by atomic mass is 127. The van der Waals surface area contributed by atoms with Gasteiger partial charge in [-0.3, -0.25) is 9.79 Å². The van der Waals surface area contributed by atoms with Crippen LogP contribution in [-0.2, 0) is 4.79 Å². The number of rotatable bonds is 11. The Balaban J connectivity index is 0.00000625. The summed E-state index contributed by atoms with van der Waals surface area (Å²) in [4.78, 5) is 15.7. The first kappa shape index (κ1) is 24.5. The quantitative estimate of drug-likeness (QED) is 0.197. The molecule has 0 bridgehead atoms. The van der Waals surface area contributed by atoms with Gasteiger partial charge in [0.15, 0.2) is 5.96 Å². The fourth-order valence-electron chi connectivity index (χ4n) is 2.28. The molecule has 0 aliphatic heterocycles. The fourth-order valence-corrected chi connectivity index (χ4v) is 2.28. The Morgan fingerprint density at radius 2 is 1.96 bits per heavy atom. The number of nitrogens with one attached hydrogen (secondary N) is 3. The third-order valence-electron chi connectivity index (χ3n) is 3.44. The molecule has 148 valence electrons. The molecule has 26 heavy (non-hydrogen) atoms. The minimum absolute atomic E-state index is 0. The van der Waals surface area contributed by atoms with Crippen LogP contribution in [0.4, 0.5) is 5.69 Å². The molecule has 0 atom stereocenters. The van der Waals surface area contributed by atoms with Crippen LogP contribution in [0.5, 0.6) is 5.75 Å². The molecule has 1 aromatic carbocycles. The summed E-state index contributed by atoms with van der Waals surface area (Å²) in [6, 6.07) is 7.38. The molecule has 0 aromatic heterocycles. The first-order valence-electron chi connectivity index (χ1n) is 9.18. The molecule has 0 aliphatic carbocycles. The van der Waals surface area contributed by atoms with Crippen LogP contribution in [0, 0.1) is 0 Å². The van der Waals surface area contributed by atoms with Crippen molar-refractivity contribution in [1.29, 1.82) is 0 Å². The highest BCUT2D eigenvalue weighted by Gasteiger charge is 2.00. The van der Waals surface area contributed by atoms with E-state index in [4.69, 9.17) is 4.74 Å². The van der Waals surface area contributed by atoms with Gasteiger partial charge in [0.25, 0.3) is 0 Å². The number of aliphatic imine (C=N–C) groups is 1. The third kappa shape index (κ3) is 11.9. The van der Waals surface area contributed by atoms with E-state index in [1.807, 2.05) is 24.3 Å². The number of halogens is 1. The molecule has 0 saturated heterocycles.